The molecule has 28 heavy (non-hydrogen) atoms. The third-order valence-corrected chi connectivity index (χ3v) is 4.86. The van der Waals surface area contributed by atoms with E-state index in [-0.39, 0.29) is 11.5 Å². The number of nitrogens with one attached hydrogen (secondary N) is 1. The van der Waals surface area contributed by atoms with Crippen molar-refractivity contribution in [2.75, 3.05) is 41.3 Å². The molecular formula is C21H26N4O3. The van der Waals surface area contributed by atoms with Gasteiger partial charge in [-0.25, -0.2) is 9.78 Å². The van der Waals surface area contributed by atoms with Crippen molar-refractivity contribution >= 4 is 29.1 Å². The summed E-state index contributed by atoms with van der Waals surface area (Å²) in [4.78, 5) is 32.4. The molecule has 0 unspecified atom stereocenters. The van der Waals surface area contributed by atoms with Crippen LogP contribution in [-0.2, 0) is 4.79 Å². The number of rotatable bonds is 7. The van der Waals surface area contributed by atoms with Gasteiger partial charge in [-0.05, 0) is 36.8 Å². The fourth-order valence-corrected chi connectivity index (χ4v) is 3.34. The van der Waals surface area contributed by atoms with Crippen molar-refractivity contribution < 1.29 is 14.7 Å². The van der Waals surface area contributed by atoms with Gasteiger partial charge in [-0.15, -0.1) is 0 Å². The number of anilines is 3. The van der Waals surface area contributed by atoms with Crippen LogP contribution in [0.1, 0.15) is 36.5 Å². The molecule has 2 N–H and O–H groups in total. The van der Waals surface area contributed by atoms with Gasteiger partial charge in [-0.1, -0.05) is 19.4 Å². The van der Waals surface area contributed by atoms with Crippen LogP contribution >= 0.6 is 0 Å². The lowest BCUT2D eigenvalue weighted by molar-refractivity contribution is -0.116. The fraction of sp³-hybridized carbons (Fsp3) is 0.381. The number of benzene rings is 1. The lowest BCUT2D eigenvalue weighted by Crippen LogP contribution is -2.47. The molecule has 1 amide bonds. The smallest absolute Gasteiger partial charge is 0.337 e. The molecule has 1 fully saturated rings. The third kappa shape index (κ3) is 4.79. The first-order valence-electron chi connectivity index (χ1n) is 9.66. The first-order valence-corrected chi connectivity index (χ1v) is 9.66. The summed E-state index contributed by atoms with van der Waals surface area (Å²) in [7, 11) is 0. The fourth-order valence-electron chi connectivity index (χ4n) is 3.34. The van der Waals surface area contributed by atoms with Crippen LogP contribution in [0.4, 0.5) is 17.2 Å². The lowest BCUT2D eigenvalue weighted by Gasteiger charge is -2.37. The van der Waals surface area contributed by atoms with Gasteiger partial charge in [0.05, 0.1) is 11.3 Å². The van der Waals surface area contributed by atoms with Crippen LogP contribution in [0.15, 0.2) is 42.6 Å². The summed E-state index contributed by atoms with van der Waals surface area (Å²) >= 11 is 0. The molecule has 2 aromatic rings. The number of nitrogens with zero attached hydrogens (tertiary/aromatic N) is 3. The number of aromatic carboxylic acids is 1. The van der Waals surface area contributed by atoms with E-state index in [9.17, 15) is 14.7 Å². The van der Waals surface area contributed by atoms with Crippen molar-refractivity contribution in [3.8, 4) is 0 Å². The zero-order valence-electron chi connectivity index (χ0n) is 16.1. The Morgan fingerprint density at radius 3 is 2.50 bits per heavy atom. The molecule has 3 rings (SSSR count). The minimum atomic E-state index is -0.994. The highest BCUT2D eigenvalue weighted by molar-refractivity contribution is 5.98. The molecule has 0 atom stereocenters. The van der Waals surface area contributed by atoms with E-state index in [0.29, 0.717) is 30.9 Å². The number of hydrogen-bond donors (Lipinski definition) is 2. The molecule has 148 valence electrons. The summed E-state index contributed by atoms with van der Waals surface area (Å²) in [6.07, 6.45) is 3.97. The molecule has 0 bridgehead atoms. The monoisotopic (exact) mass is 382 g/mol. The first-order chi connectivity index (χ1) is 13.6. The number of pyridine rings is 1. The second-order valence-electron chi connectivity index (χ2n) is 6.85. The maximum atomic E-state index is 11.9. The number of unbranched alkanes of at least 4 members (excludes halogenated alkanes) is 1. The number of hydrogen-bond acceptors (Lipinski definition) is 5. The topological polar surface area (TPSA) is 85.8 Å². The molecule has 0 aliphatic carbocycles. The van der Waals surface area contributed by atoms with Crippen LogP contribution in [0, 0.1) is 0 Å². The number of carbonyl (C=O) groups excluding carboxylic acids is 1. The Balaban J connectivity index is 1.70. The van der Waals surface area contributed by atoms with Gasteiger partial charge < -0.3 is 20.2 Å². The summed E-state index contributed by atoms with van der Waals surface area (Å²) in [5.41, 5.74) is 1.41. The van der Waals surface area contributed by atoms with Gasteiger partial charge in [0.1, 0.15) is 5.82 Å². The Labute approximate surface area is 165 Å². The summed E-state index contributed by atoms with van der Waals surface area (Å²) < 4.78 is 0. The van der Waals surface area contributed by atoms with E-state index in [1.165, 1.54) is 0 Å². The van der Waals surface area contributed by atoms with Crippen LogP contribution < -0.4 is 15.1 Å². The van der Waals surface area contributed by atoms with Gasteiger partial charge >= 0.3 is 5.97 Å². The highest BCUT2D eigenvalue weighted by Gasteiger charge is 2.22. The van der Waals surface area contributed by atoms with Gasteiger partial charge in [0.15, 0.2) is 0 Å². The Kier molecular flexibility index (Phi) is 6.47. The van der Waals surface area contributed by atoms with Crippen molar-refractivity contribution in [1.82, 2.24) is 4.98 Å². The first kappa shape index (κ1) is 19.7. The van der Waals surface area contributed by atoms with E-state index in [2.05, 4.69) is 20.1 Å². The normalized spacial score (nSPS) is 14.0. The zero-order valence-corrected chi connectivity index (χ0v) is 16.1. The Morgan fingerprint density at radius 2 is 1.86 bits per heavy atom. The van der Waals surface area contributed by atoms with Gasteiger partial charge in [0, 0.05) is 44.5 Å². The predicted molar refractivity (Wildman–Crippen MR) is 110 cm³/mol. The average molecular weight is 382 g/mol. The van der Waals surface area contributed by atoms with Crippen LogP contribution in [0.5, 0.6) is 0 Å². The highest BCUT2D eigenvalue weighted by Crippen LogP contribution is 2.26. The number of piperazine rings is 1. The van der Waals surface area contributed by atoms with Crippen LogP contribution in [0.2, 0.25) is 0 Å². The van der Waals surface area contributed by atoms with Crippen molar-refractivity contribution in [2.24, 2.45) is 0 Å². The van der Waals surface area contributed by atoms with E-state index in [1.54, 1.807) is 24.4 Å². The Bertz CT molecular complexity index is 818. The second-order valence-corrected chi connectivity index (χ2v) is 6.85. The summed E-state index contributed by atoms with van der Waals surface area (Å²) in [6.45, 7) is 4.98. The minimum Gasteiger partial charge on any atom is -0.478 e. The van der Waals surface area contributed by atoms with E-state index in [0.717, 1.165) is 31.7 Å². The second kappa shape index (κ2) is 9.21. The standard InChI is InChI=1S/C21H26N4O3/c1-2-3-7-20(26)23-16-8-9-18(17(15-16)21(27)28)24-11-13-25(14-12-24)19-6-4-5-10-22-19/h4-6,8-10,15H,2-3,7,11-14H2,1H3,(H,23,26)(H,27,28). The van der Waals surface area contributed by atoms with Crippen LogP contribution in [0.3, 0.4) is 0 Å². The van der Waals surface area contributed by atoms with Crippen LogP contribution in [-0.4, -0.2) is 48.1 Å². The molecule has 1 aromatic carbocycles. The molecule has 1 aliphatic rings. The largest absolute Gasteiger partial charge is 0.478 e. The van der Waals surface area contributed by atoms with E-state index >= 15 is 0 Å². The molecule has 1 saturated heterocycles. The molecular weight excluding hydrogens is 356 g/mol. The zero-order chi connectivity index (χ0) is 19.9. The number of carbonyl (C=O) groups is 2. The summed E-state index contributed by atoms with van der Waals surface area (Å²) in [6, 6.07) is 10.9. The van der Waals surface area contributed by atoms with Gasteiger partial charge in [-0.3, -0.25) is 4.79 Å². The Hall–Kier alpha value is -3.09. The molecule has 1 aromatic heterocycles. The maximum absolute atomic E-state index is 11.9. The molecule has 2 heterocycles. The van der Waals surface area contributed by atoms with E-state index in [4.69, 9.17) is 0 Å². The number of carboxylic acids is 1. The summed E-state index contributed by atoms with van der Waals surface area (Å²) in [5.74, 6) is -0.146. The Morgan fingerprint density at radius 1 is 1.11 bits per heavy atom. The molecule has 0 radical (unpaired) electrons. The third-order valence-electron chi connectivity index (χ3n) is 4.86. The van der Waals surface area contributed by atoms with Gasteiger partial charge in [-0.2, -0.15) is 0 Å². The predicted octanol–water partition coefficient (Wildman–Crippen LogP) is 3.24. The van der Waals surface area contributed by atoms with Crippen molar-refractivity contribution in [3.05, 3.63) is 48.2 Å². The minimum absolute atomic E-state index is 0.0880. The summed E-state index contributed by atoms with van der Waals surface area (Å²) in [5, 5.41) is 12.5. The average Bonchev–Trinajstić information content (AvgIpc) is 2.73. The van der Waals surface area contributed by atoms with E-state index < -0.39 is 5.97 Å². The highest BCUT2D eigenvalue weighted by atomic mass is 16.4. The maximum Gasteiger partial charge on any atom is 0.337 e. The SMILES string of the molecule is CCCCC(=O)Nc1ccc(N2CCN(c3ccccn3)CC2)c(C(=O)O)c1. The van der Waals surface area contributed by atoms with Crippen LogP contribution in [0.25, 0.3) is 0 Å². The van der Waals surface area contributed by atoms with Gasteiger partial charge in [0.2, 0.25) is 5.91 Å². The number of amides is 1. The number of aromatic nitrogens is 1. The van der Waals surface area contributed by atoms with Crippen molar-refractivity contribution in [3.63, 3.8) is 0 Å². The molecule has 7 nitrogen and oxygen atoms in total. The molecule has 7 heteroatoms. The number of carboxylic acid groups (broad SMARTS) is 1. The van der Waals surface area contributed by atoms with E-state index in [1.807, 2.05) is 25.1 Å². The van der Waals surface area contributed by atoms with Crippen molar-refractivity contribution in [1.29, 1.82) is 0 Å². The molecule has 0 spiro atoms. The lowest BCUT2D eigenvalue weighted by atomic mass is 10.1. The molecule has 1 aliphatic heterocycles. The van der Waals surface area contributed by atoms with Crippen molar-refractivity contribution in [2.45, 2.75) is 26.2 Å². The molecule has 0 saturated carbocycles. The quantitative estimate of drug-likeness (QED) is 0.765. The van der Waals surface area contributed by atoms with Gasteiger partial charge in [0.25, 0.3) is 0 Å².